The topological polar surface area (TPSA) is 0 Å². The summed E-state index contributed by atoms with van der Waals surface area (Å²) in [7, 11) is 2.80. The predicted molar refractivity (Wildman–Crippen MR) is 79.6 cm³/mol. The molecule has 0 saturated carbocycles. The molecule has 0 aromatic rings. The van der Waals surface area contributed by atoms with Gasteiger partial charge in [0, 0.05) is 10.1 Å². The number of halogens is 2. The first-order valence-corrected chi connectivity index (χ1v) is 7.24. The quantitative estimate of drug-likeness (QED) is 0.385. The summed E-state index contributed by atoms with van der Waals surface area (Å²) in [5, 5.41) is 1.33. The van der Waals surface area contributed by atoms with Crippen molar-refractivity contribution in [2.24, 2.45) is 0 Å². The van der Waals surface area contributed by atoms with Gasteiger partial charge in [-0.2, -0.15) is 0 Å². The van der Waals surface area contributed by atoms with Crippen LogP contribution in [0.1, 0.15) is 13.8 Å². The van der Waals surface area contributed by atoms with Crippen LogP contribution in [0, 0.1) is 0 Å². The van der Waals surface area contributed by atoms with Gasteiger partial charge in [0.15, 0.2) is 0 Å². The van der Waals surface area contributed by atoms with Gasteiger partial charge in [0.2, 0.25) is 0 Å². The fraction of sp³-hybridized carbons (Fsp3) is 0.250. The third-order valence-electron chi connectivity index (χ3n) is 0.839. The minimum absolute atomic E-state index is 0.665. The van der Waals surface area contributed by atoms with E-state index in [1.807, 2.05) is 0 Å². The minimum Gasteiger partial charge on any atom is -0.0894 e. The molecule has 0 aliphatic carbocycles. The van der Waals surface area contributed by atoms with Gasteiger partial charge in [-0.1, -0.05) is 47.6 Å². The zero-order valence-corrected chi connectivity index (χ0v) is 12.3. The standard InChI is InChI=1S/C8H8Cl2S4/c1-5(9)3-7(11)13-14-8(12)4-6(2)10/h3-4H,1-2H3. The first-order valence-electron chi connectivity index (χ1n) is 3.52. The van der Waals surface area contributed by atoms with Crippen LogP contribution in [0.4, 0.5) is 0 Å². The van der Waals surface area contributed by atoms with Crippen LogP contribution in [0.2, 0.25) is 0 Å². The average molecular weight is 303 g/mol. The van der Waals surface area contributed by atoms with Gasteiger partial charge in [-0.15, -0.1) is 0 Å². The van der Waals surface area contributed by atoms with Crippen molar-refractivity contribution in [3.8, 4) is 0 Å². The maximum Gasteiger partial charge on any atom is 0.0828 e. The summed E-state index contributed by atoms with van der Waals surface area (Å²) in [5.74, 6) is 0. The van der Waals surface area contributed by atoms with E-state index in [4.69, 9.17) is 47.6 Å². The summed E-state index contributed by atoms with van der Waals surface area (Å²) in [5.41, 5.74) is 0. The molecule has 0 radical (unpaired) electrons. The molecule has 0 unspecified atom stereocenters. The number of rotatable bonds is 2. The number of hydrogen-bond acceptors (Lipinski definition) is 4. The monoisotopic (exact) mass is 302 g/mol. The van der Waals surface area contributed by atoms with Crippen molar-refractivity contribution in [1.82, 2.24) is 0 Å². The maximum absolute atomic E-state index is 5.66. The second-order valence-corrected chi connectivity index (χ2v) is 7.07. The van der Waals surface area contributed by atoms with Crippen LogP contribution in [-0.4, -0.2) is 8.39 Å². The fourth-order valence-corrected chi connectivity index (χ4v) is 3.29. The van der Waals surface area contributed by atoms with Gasteiger partial charge in [0.05, 0.1) is 8.39 Å². The molecule has 0 rings (SSSR count). The first-order chi connectivity index (χ1) is 6.41. The molecule has 0 fully saturated rings. The van der Waals surface area contributed by atoms with E-state index in [0.29, 0.717) is 18.5 Å². The van der Waals surface area contributed by atoms with Crippen molar-refractivity contribution in [3.05, 3.63) is 22.2 Å². The number of thiocarbonyl (C=S) groups is 2. The van der Waals surface area contributed by atoms with Crippen LogP contribution in [0.5, 0.6) is 0 Å². The van der Waals surface area contributed by atoms with Crippen molar-refractivity contribution < 1.29 is 0 Å². The number of hydrogen-bond donors (Lipinski definition) is 0. The molecular weight excluding hydrogens is 295 g/mol. The van der Waals surface area contributed by atoms with Gasteiger partial charge in [0.25, 0.3) is 0 Å². The molecule has 0 amide bonds. The van der Waals surface area contributed by atoms with E-state index in [2.05, 4.69) is 0 Å². The smallest absolute Gasteiger partial charge is 0.0828 e. The lowest BCUT2D eigenvalue weighted by molar-refractivity contribution is 1.70. The van der Waals surface area contributed by atoms with Crippen LogP contribution >= 0.6 is 69.2 Å². The molecule has 6 heteroatoms. The molecule has 0 aliphatic heterocycles. The average Bonchev–Trinajstić information content (AvgIpc) is 1.98. The Morgan fingerprint density at radius 2 is 1.21 bits per heavy atom. The van der Waals surface area contributed by atoms with E-state index < -0.39 is 0 Å². The summed E-state index contributed by atoms with van der Waals surface area (Å²) >= 11 is 21.4. The highest BCUT2D eigenvalue weighted by Gasteiger charge is 1.99. The summed E-state index contributed by atoms with van der Waals surface area (Å²) in [6.45, 7) is 3.56. The van der Waals surface area contributed by atoms with Gasteiger partial charge in [-0.25, -0.2) is 0 Å². The Morgan fingerprint density at radius 1 is 0.929 bits per heavy atom. The summed E-state index contributed by atoms with van der Waals surface area (Å²) in [4.78, 5) is 0. The molecule has 0 aliphatic rings. The Kier molecular flexibility index (Phi) is 8.68. The van der Waals surface area contributed by atoms with Crippen molar-refractivity contribution in [1.29, 1.82) is 0 Å². The van der Waals surface area contributed by atoms with E-state index in [1.54, 1.807) is 26.0 Å². The number of allylic oxidation sites excluding steroid dienone is 2. The fourth-order valence-electron chi connectivity index (χ4n) is 0.455. The molecule has 0 heterocycles. The molecule has 0 nitrogen and oxygen atoms in total. The van der Waals surface area contributed by atoms with Crippen LogP contribution < -0.4 is 0 Å². The minimum atomic E-state index is 0.665. The molecule has 0 bridgehead atoms. The molecule has 0 saturated heterocycles. The highest BCUT2D eigenvalue weighted by molar-refractivity contribution is 8.89. The Labute approximate surface area is 113 Å². The van der Waals surface area contributed by atoms with Crippen molar-refractivity contribution in [2.45, 2.75) is 13.8 Å². The predicted octanol–water partition coefficient (Wildman–Crippen LogP) is 5.31. The molecule has 0 atom stereocenters. The summed E-state index contributed by atoms with van der Waals surface area (Å²) in [6.07, 6.45) is 3.43. The zero-order chi connectivity index (χ0) is 11.1. The van der Waals surface area contributed by atoms with Gasteiger partial charge in [0.1, 0.15) is 0 Å². The molecule has 14 heavy (non-hydrogen) atoms. The van der Waals surface area contributed by atoms with E-state index in [0.717, 1.165) is 0 Å². The van der Waals surface area contributed by atoms with Gasteiger partial charge >= 0.3 is 0 Å². The molecule has 78 valence electrons. The molecular formula is C8H8Cl2S4. The van der Waals surface area contributed by atoms with Crippen LogP contribution in [0.3, 0.4) is 0 Å². The highest BCUT2D eigenvalue weighted by Crippen LogP contribution is 2.27. The maximum atomic E-state index is 5.66. The third-order valence-corrected chi connectivity index (χ3v) is 4.40. The lowest BCUT2D eigenvalue weighted by atomic mass is 10.6. The van der Waals surface area contributed by atoms with E-state index in [1.165, 1.54) is 21.6 Å². The Bertz CT molecular complexity index is 256. The van der Waals surface area contributed by atoms with Crippen molar-refractivity contribution in [3.63, 3.8) is 0 Å². The highest BCUT2D eigenvalue weighted by atomic mass is 35.5. The summed E-state index contributed by atoms with van der Waals surface area (Å²) < 4.78 is 1.40. The van der Waals surface area contributed by atoms with E-state index in [9.17, 15) is 0 Å². The van der Waals surface area contributed by atoms with Crippen LogP contribution in [0.15, 0.2) is 22.2 Å². The van der Waals surface area contributed by atoms with Crippen molar-refractivity contribution >= 4 is 77.6 Å². The normalized spacial score (nSPS) is 12.9. The first kappa shape index (κ1) is 14.9. The van der Waals surface area contributed by atoms with Gasteiger partial charge in [-0.05, 0) is 47.6 Å². The van der Waals surface area contributed by atoms with Gasteiger partial charge in [-0.3, -0.25) is 0 Å². The largest absolute Gasteiger partial charge is 0.0894 e. The zero-order valence-electron chi connectivity index (χ0n) is 7.54. The van der Waals surface area contributed by atoms with E-state index in [-0.39, 0.29) is 0 Å². The van der Waals surface area contributed by atoms with Crippen molar-refractivity contribution in [2.75, 3.05) is 0 Å². The second kappa shape index (κ2) is 8.13. The Balaban J connectivity index is 3.96. The summed E-state index contributed by atoms with van der Waals surface area (Å²) in [6, 6.07) is 0. The Hall–Kier alpha value is 0.940. The lowest BCUT2D eigenvalue weighted by Crippen LogP contribution is -1.82. The van der Waals surface area contributed by atoms with Crippen LogP contribution in [0.25, 0.3) is 0 Å². The SMILES string of the molecule is CC(Cl)=CC(=S)SSC(=S)C=C(C)Cl. The molecule has 0 aromatic carbocycles. The lowest BCUT2D eigenvalue weighted by Gasteiger charge is -1.97. The Morgan fingerprint density at radius 3 is 1.43 bits per heavy atom. The molecule has 0 N–H and O–H groups in total. The third kappa shape index (κ3) is 9.49. The van der Waals surface area contributed by atoms with Gasteiger partial charge < -0.3 is 0 Å². The molecule has 0 spiro atoms. The molecule has 0 aromatic heterocycles. The van der Waals surface area contributed by atoms with E-state index >= 15 is 0 Å². The second-order valence-electron chi connectivity index (χ2n) is 2.27. The van der Waals surface area contributed by atoms with Crippen LogP contribution in [-0.2, 0) is 0 Å².